The molecule has 1 N–H and O–H groups in total. The van der Waals surface area contributed by atoms with Crippen LogP contribution in [0.4, 0.5) is 5.69 Å². The maximum Gasteiger partial charge on any atom is 0.313 e. The lowest BCUT2D eigenvalue weighted by Gasteiger charge is -2.33. The van der Waals surface area contributed by atoms with Gasteiger partial charge in [0.2, 0.25) is 0 Å². The van der Waals surface area contributed by atoms with Crippen molar-refractivity contribution in [2.24, 2.45) is 0 Å². The lowest BCUT2D eigenvalue weighted by molar-refractivity contribution is -0.144. The molecule has 1 aliphatic rings. The second kappa shape index (κ2) is 7.79. The fourth-order valence-electron chi connectivity index (χ4n) is 2.40. The fraction of sp³-hybridized carbons (Fsp3) is 0.500. The van der Waals surface area contributed by atoms with Crippen molar-refractivity contribution in [1.29, 1.82) is 0 Å². The number of hydrogen-bond donors (Lipinski definition) is 1. The average Bonchev–Trinajstić information content (AvgIpc) is 2.56. The Morgan fingerprint density at radius 1 is 1.09 bits per heavy atom. The second-order valence-corrected chi connectivity index (χ2v) is 5.14. The molecule has 1 aromatic rings. The molecule has 0 saturated carbocycles. The molecule has 120 valence electrons. The zero-order valence-electron chi connectivity index (χ0n) is 13.2. The van der Waals surface area contributed by atoms with Crippen LogP contribution in [-0.4, -0.2) is 60.9 Å². The molecule has 2 amide bonds. The molecule has 6 heteroatoms. The van der Waals surface area contributed by atoms with Gasteiger partial charge >= 0.3 is 11.8 Å². The van der Waals surface area contributed by atoms with Crippen molar-refractivity contribution >= 4 is 17.5 Å². The molecule has 0 spiro atoms. The third-order valence-electron chi connectivity index (χ3n) is 3.72. The van der Waals surface area contributed by atoms with Crippen LogP contribution in [0.25, 0.3) is 0 Å². The van der Waals surface area contributed by atoms with E-state index in [2.05, 4.69) is 17.1 Å². The summed E-state index contributed by atoms with van der Waals surface area (Å²) in [6, 6.07) is 6.99. The SMILES string of the molecule is CCOc1ccc(NC(=O)C(=O)N2CCN(CC)CC2)cc1. The van der Waals surface area contributed by atoms with Gasteiger partial charge in [-0.3, -0.25) is 9.59 Å². The van der Waals surface area contributed by atoms with Gasteiger partial charge in [-0.1, -0.05) is 6.92 Å². The van der Waals surface area contributed by atoms with E-state index in [9.17, 15) is 9.59 Å². The van der Waals surface area contributed by atoms with Gasteiger partial charge in [0.05, 0.1) is 6.61 Å². The van der Waals surface area contributed by atoms with E-state index in [1.54, 1.807) is 29.2 Å². The van der Waals surface area contributed by atoms with Gasteiger partial charge in [-0.25, -0.2) is 0 Å². The number of piperazine rings is 1. The third-order valence-corrected chi connectivity index (χ3v) is 3.72. The molecule has 0 unspecified atom stereocenters. The lowest BCUT2D eigenvalue weighted by atomic mass is 10.2. The number of benzene rings is 1. The Hall–Kier alpha value is -2.08. The highest BCUT2D eigenvalue weighted by Crippen LogP contribution is 2.15. The molecule has 0 aliphatic carbocycles. The van der Waals surface area contributed by atoms with Gasteiger partial charge in [0.15, 0.2) is 0 Å². The number of amides is 2. The largest absolute Gasteiger partial charge is 0.494 e. The molecule has 1 aromatic carbocycles. The summed E-state index contributed by atoms with van der Waals surface area (Å²) in [6.07, 6.45) is 0. The number of ether oxygens (including phenoxy) is 1. The van der Waals surface area contributed by atoms with Crippen LogP contribution in [0.2, 0.25) is 0 Å². The van der Waals surface area contributed by atoms with E-state index >= 15 is 0 Å². The smallest absolute Gasteiger partial charge is 0.313 e. The van der Waals surface area contributed by atoms with Crippen LogP contribution < -0.4 is 10.1 Å². The Kier molecular flexibility index (Phi) is 5.77. The highest BCUT2D eigenvalue weighted by Gasteiger charge is 2.25. The summed E-state index contributed by atoms with van der Waals surface area (Å²) in [7, 11) is 0. The fourth-order valence-corrected chi connectivity index (χ4v) is 2.40. The van der Waals surface area contributed by atoms with E-state index in [-0.39, 0.29) is 0 Å². The first-order valence-electron chi connectivity index (χ1n) is 7.69. The predicted molar refractivity (Wildman–Crippen MR) is 84.9 cm³/mol. The maximum atomic E-state index is 12.1. The summed E-state index contributed by atoms with van der Waals surface area (Å²) in [5, 5.41) is 2.63. The van der Waals surface area contributed by atoms with Crippen LogP contribution >= 0.6 is 0 Å². The molecule has 0 radical (unpaired) electrons. The number of rotatable bonds is 4. The molecule has 1 fully saturated rings. The van der Waals surface area contributed by atoms with Gasteiger partial charge in [0, 0.05) is 31.9 Å². The highest BCUT2D eigenvalue weighted by atomic mass is 16.5. The summed E-state index contributed by atoms with van der Waals surface area (Å²) in [5.74, 6) is -0.318. The van der Waals surface area contributed by atoms with Gasteiger partial charge < -0.3 is 19.9 Å². The summed E-state index contributed by atoms with van der Waals surface area (Å²) in [4.78, 5) is 28.0. The van der Waals surface area contributed by atoms with Crippen molar-refractivity contribution < 1.29 is 14.3 Å². The molecule has 6 nitrogen and oxygen atoms in total. The highest BCUT2D eigenvalue weighted by molar-refractivity contribution is 6.39. The van der Waals surface area contributed by atoms with Crippen LogP contribution in [0.5, 0.6) is 5.75 Å². The summed E-state index contributed by atoms with van der Waals surface area (Å²) in [5.41, 5.74) is 0.592. The number of hydrogen-bond acceptors (Lipinski definition) is 4. The first-order chi connectivity index (χ1) is 10.6. The summed E-state index contributed by atoms with van der Waals surface area (Å²) in [6.45, 7) is 8.40. The topological polar surface area (TPSA) is 61.9 Å². The molecule has 1 saturated heterocycles. The van der Waals surface area contributed by atoms with Crippen LogP contribution in [0.15, 0.2) is 24.3 Å². The number of carbonyl (C=O) groups is 2. The van der Waals surface area contributed by atoms with E-state index in [4.69, 9.17) is 4.74 Å². The van der Waals surface area contributed by atoms with E-state index in [1.165, 1.54) is 0 Å². The van der Waals surface area contributed by atoms with Crippen molar-refractivity contribution in [3.05, 3.63) is 24.3 Å². The quantitative estimate of drug-likeness (QED) is 0.849. The van der Waals surface area contributed by atoms with E-state index in [0.29, 0.717) is 25.4 Å². The average molecular weight is 305 g/mol. The minimum Gasteiger partial charge on any atom is -0.494 e. The van der Waals surface area contributed by atoms with Crippen molar-refractivity contribution in [2.45, 2.75) is 13.8 Å². The Balaban J connectivity index is 1.87. The minimum absolute atomic E-state index is 0.468. The number of carbonyl (C=O) groups excluding carboxylic acids is 2. The summed E-state index contributed by atoms with van der Waals surface area (Å²) < 4.78 is 5.34. The molecule has 22 heavy (non-hydrogen) atoms. The molecule has 0 bridgehead atoms. The first-order valence-corrected chi connectivity index (χ1v) is 7.69. The predicted octanol–water partition coefficient (Wildman–Crippen LogP) is 1.19. The zero-order valence-corrected chi connectivity index (χ0v) is 13.2. The lowest BCUT2D eigenvalue weighted by Crippen LogP contribution is -2.51. The Labute approximate surface area is 131 Å². The van der Waals surface area contributed by atoms with E-state index < -0.39 is 11.8 Å². The van der Waals surface area contributed by atoms with Gasteiger partial charge in [0.25, 0.3) is 0 Å². The zero-order chi connectivity index (χ0) is 15.9. The van der Waals surface area contributed by atoms with Gasteiger partial charge in [-0.15, -0.1) is 0 Å². The molecular formula is C16H23N3O3. The Morgan fingerprint density at radius 2 is 1.73 bits per heavy atom. The first kappa shape index (κ1) is 16.3. The monoisotopic (exact) mass is 305 g/mol. The van der Waals surface area contributed by atoms with Crippen molar-refractivity contribution in [2.75, 3.05) is 44.6 Å². The third kappa shape index (κ3) is 4.21. The number of likely N-dealkylation sites (N-methyl/N-ethyl adjacent to an activating group) is 1. The van der Waals surface area contributed by atoms with Crippen molar-refractivity contribution in [3.63, 3.8) is 0 Å². The molecule has 0 aromatic heterocycles. The number of nitrogens with zero attached hydrogens (tertiary/aromatic N) is 2. The minimum atomic E-state index is -0.589. The Bertz CT molecular complexity index is 508. The van der Waals surface area contributed by atoms with Crippen molar-refractivity contribution in [3.8, 4) is 5.75 Å². The van der Waals surface area contributed by atoms with Crippen LogP contribution in [0.3, 0.4) is 0 Å². The molecular weight excluding hydrogens is 282 g/mol. The van der Waals surface area contributed by atoms with Crippen LogP contribution in [-0.2, 0) is 9.59 Å². The van der Waals surface area contributed by atoms with Gasteiger partial charge in [-0.2, -0.15) is 0 Å². The van der Waals surface area contributed by atoms with Crippen molar-refractivity contribution in [1.82, 2.24) is 9.80 Å². The van der Waals surface area contributed by atoms with Gasteiger partial charge in [0.1, 0.15) is 5.75 Å². The molecule has 1 heterocycles. The second-order valence-electron chi connectivity index (χ2n) is 5.14. The van der Waals surface area contributed by atoms with E-state index in [1.807, 2.05) is 6.92 Å². The number of nitrogens with one attached hydrogen (secondary N) is 1. The molecule has 0 atom stereocenters. The molecule has 1 aliphatic heterocycles. The van der Waals surface area contributed by atoms with E-state index in [0.717, 1.165) is 25.4 Å². The number of anilines is 1. The van der Waals surface area contributed by atoms with Gasteiger partial charge in [-0.05, 0) is 37.7 Å². The molecule has 2 rings (SSSR count). The Morgan fingerprint density at radius 3 is 2.27 bits per heavy atom. The van der Waals surface area contributed by atoms with Crippen LogP contribution in [0.1, 0.15) is 13.8 Å². The van der Waals surface area contributed by atoms with Crippen LogP contribution in [0, 0.1) is 0 Å². The maximum absolute atomic E-state index is 12.1. The normalized spacial score (nSPS) is 15.5. The summed E-state index contributed by atoms with van der Waals surface area (Å²) >= 11 is 0. The standard InChI is InChI=1S/C16H23N3O3/c1-3-18-9-11-19(12-10-18)16(21)15(20)17-13-5-7-14(8-6-13)22-4-2/h5-8H,3-4,9-12H2,1-2H3,(H,17,20).